The molecule has 0 bridgehead atoms. The van der Waals surface area contributed by atoms with Gasteiger partial charge in [0.05, 0.1) is 29.8 Å². The molecule has 4 aromatic rings. The maximum Gasteiger partial charge on any atom is 0.251 e. The second-order valence-corrected chi connectivity index (χ2v) is 12.7. The number of hydrogen-bond acceptors (Lipinski definition) is 7. The number of Topliss-reactive ketones (excluding diaryl/α,β-unsaturated/α-hetero) is 1. The lowest BCUT2D eigenvalue weighted by atomic mass is 9.89. The zero-order chi connectivity index (χ0) is 34.3. The van der Waals surface area contributed by atoms with Crippen molar-refractivity contribution in [2.24, 2.45) is 17.4 Å². The van der Waals surface area contributed by atoms with E-state index in [9.17, 15) is 29.1 Å². The number of ketones is 1. The SMILES string of the molecule is CC(C)(C)NC(=O)c1ccccc1C[C@@H](O)[C@H](Cc1ccccc1)NC(=O)[C@H](CC(N)=O)C(N)C(=O)c1cc(=O)c2ccccc2[nH]1. The second kappa shape index (κ2) is 15.0. The Labute approximate surface area is 272 Å². The molecule has 11 nitrogen and oxygen atoms in total. The van der Waals surface area contributed by atoms with Crippen LogP contribution in [0.4, 0.5) is 0 Å². The van der Waals surface area contributed by atoms with Crippen LogP contribution in [-0.4, -0.2) is 57.3 Å². The number of para-hydroxylation sites is 1. The molecule has 0 saturated heterocycles. The molecule has 0 aliphatic heterocycles. The van der Waals surface area contributed by atoms with Crippen molar-refractivity contribution in [1.29, 1.82) is 0 Å². The van der Waals surface area contributed by atoms with E-state index in [1.54, 1.807) is 48.5 Å². The number of aromatic nitrogens is 1. The highest BCUT2D eigenvalue weighted by Crippen LogP contribution is 2.19. The van der Waals surface area contributed by atoms with Crippen LogP contribution in [0.3, 0.4) is 0 Å². The maximum absolute atomic E-state index is 13.8. The highest BCUT2D eigenvalue weighted by molar-refractivity contribution is 6.03. The highest BCUT2D eigenvalue weighted by atomic mass is 16.3. The van der Waals surface area contributed by atoms with Crippen molar-refractivity contribution in [2.45, 2.75) is 63.8 Å². The minimum Gasteiger partial charge on any atom is -0.391 e. The van der Waals surface area contributed by atoms with Crippen LogP contribution < -0.4 is 27.5 Å². The summed E-state index contributed by atoms with van der Waals surface area (Å²) in [6.45, 7) is 5.59. The number of benzene rings is 3. The third-order valence-electron chi connectivity index (χ3n) is 7.77. The largest absolute Gasteiger partial charge is 0.391 e. The number of fused-ring (bicyclic) bond motifs is 1. The van der Waals surface area contributed by atoms with E-state index in [1.807, 2.05) is 51.1 Å². The molecule has 0 fully saturated rings. The van der Waals surface area contributed by atoms with E-state index in [0.717, 1.165) is 11.6 Å². The van der Waals surface area contributed by atoms with Gasteiger partial charge in [-0.15, -0.1) is 0 Å². The van der Waals surface area contributed by atoms with Gasteiger partial charge >= 0.3 is 0 Å². The standard InChI is InChI=1S/C36H41N5O6/c1-36(2,3)41-35(47)23-14-8-7-13-22(23)18-30(43)27(17-21-11-5-4-6-12-21)40-34(46)25(19-31(37)44)32(38)33(45)28-20-29(42)24-15-9-10-16-26(24)39-28/h4-16,20,25,27,30,32,43H,17-19,38H2,1-3H3,(H2,37,44)(H,39,42)(H,40,46)(H,41,47)/t25-,27+,30-,32?/m1/s1. The molecule has 4 atom stereocenters. The average Bonchev–Trinajstić information content (AvgIpc) is 3.02. The normalized spacial score (nSPS) is 14.1. The van der Waals surface area contributed by atoms with Gasteiger partial charge in [-0.1, -0.05) is 60.7 Å². The third kappa shape index (κ3) is 9.21. The fourth-order valence-electron chi connectivity index (χ4n) is 5.43. The van der Waals surface area contributed by atoms with Crippen LogP contribution >= 0.6 is 0 Å². The Morgan fingerprint density at radius 1 is 0.894 bits per heavy atom. The van der Waals surface area contributed by atoms with E-state index in [0.29, 0.717) is 22.0 Å². The number of nitrogens with two attached hydrogens (primary N) is 2. The first-order valence-electron chi connectivity index (χ1n) is 15.4. The number of primary amides is 1. The maximum atomic E-state index is 13.8. The van der Waals surface area contributed by atoms with E-state index in [4.69, 9.17) is 11.5 Å². The van der Waals surface area contributed by atoms with Gasteiger partial charge in [-0.2, -0.15) is 0 Å². The molecule has 3 amide bonds. The number of amides is 3. The summed E-state index contributed by atoms with van der Waals surface area (Å²) in [7, 11) is 0. The Hall–Kier alpha value is -5.13. The minimum atomic E-state index is -1.55. The third-order valence-corrected chi connectivity index (χ3v) is 7.77. The van der Waals surface area contributed by atoms with E-state index < -0.39 is 59.1 Å². The van der Waals surface area contributed by atoms with Gasteiger partial charge in [-0.05, 0) is 56.5 Å². The molecule has 0 radical (unpaired) electrons. The van der Waals surface area contributed by atoms with Crippen LogP contribution in [0.1, 0.15) is 59.2 Å². The average molecular weight is 640 g/mol. The Balaban J connectivity index is 1.62. The Kier molecular flexibility index (Phi) is 11.1. The summed E-state index contributed by atoms with van der Waals surface area (Å²) in [6, 6.07) is 21.3. The summed E-state index contributed by atoms with van der Waals surface area (Å²) in [5, 5.41) is 17.7. The second-order valence-electron chi connectivity index (χ2n) is 12.7. The number of aliphatic hydroxyl groups is 1. The number of rotatable bonds is 13. The van der Waals surface area contributed by atoms with Gasteiger partial charge in [0.1, 0.15) is 0 Å². The Morgan fingerprint density at radius 3 is 2.21 bits per heavy atom. The molecular weight excluding hydrogens is 598 g/mol. The first-order chi connectivity index (χ1) is 22.2. The zero-order valence-corrected chi connectivity index (χ0v) is 26.7. The van der Waals surface area contributed by atoms with Crippen LogP contribution in [0.5, 0.6) is 0 Å². The number of carbonyl (C=O) groups excluding carboxylic acids is 4. The molecule has 0 saturated carbocycles. The number of aromatic amines is 1. The molecular formula is C36H41N5O6. The number of hydrogen-bond donors (Lipinski definition) is 6. The van der Waals surface area contributed by atoms with Crippen LogP contribution in [0.25, 0.3) is 10.9 Å². The van der Waals surface area contributed by atoms with Crippen molar-refractivity contribution in [1.82, 2.24) is 15.6 Å². The zero-order valence-electron chi connectivity index (χ0n) is 26.7. The summed E-state index contributed by atoms with van der Waals surface area (Å²) in [5.41, 5.74) is 13.0. The van der Waals surface area contributed by atoms with Gasteiger partial charge in [0.15, 0.2) is 11.2 Å². The summed E-state index contributed by atoms with van der Waals surface area (Å²) < 4.78 is 0. The molecule has 0 aliphatic rings. The van der Waals surface area contributed by atoms with Crippen molar-refractivity contribution >= 4 is 34.4 Å². The van der Waals surface area contributed by atoms with Crippen LogP contribution in [0, 0.1) is 5.92 Å². The first-order valence-corrected chi connectivity index (χ1v) is 15.4. The lowest BCUT2D eigenvalue weighted by molar-refractivity contribution is -0.130. The molecule has 4 rings (SSSR count). The number of nitrogens with one attached hydrogen (secondary N) is 3. The number of aliphatic hydroxyl groups excluding tert-OH is 1. The van der Waals surface area contributed by atoms with Crippen molar-refractivity contribution in [2.75, 3.05) is 0 Å². The van der Waals surface area contributed by atoms with E-state index in [2.05, 4.69) is 15.6 Å². The molecule has 11 heteroatoms. The molecule has 1 heterocycles. The molecule has 0 aliphatic carbocycles. The highest BCUT2D eigenvalue weighted by Gasteiger charge is 2.35. The van der Waals surface area contributed by atoms with Gasteiger partial charge in [0.25, 0.3) is 5.91 Å². The van der Waals surface area contributed by atoms with Gasteiger partial charge < -0.3 is 32.2 Å². The predicted molar refractivity (Wildman–Crippen MR) is 180 cm³/mol. The quantitative estimate of drug-likeness (QED) is 0.121. The van der Waals surface area contributed by atoms with Crippen molar-refractivity contribution in [3.05, 3.63) is 118 Å². The minimum absolute atomic E-state index is 0.00924. The van der Waals surface area contributed by atoms with Gasteiger partial charge in [-0.3, -0.25) is 24.0 Å². The van der Waals surface area contributed by atoms with Crippen molar-refractivity contribution in [3.8, 4) is 0 Å². The fourth-order valence-corrected chi connectivity index (χ4v) is 5.43. The van der Waals surface area contributed by atoms with Crippen LogP contribution in [0.2, 0.25) is 0 Å². The topological polar surface area (TPSA) is 197 Å². The Bertz CT molecular complexity index is 1810. The molecule has 3 aromatic carbocycles. The Morgan fingerprint density at radius 2 is 1.53 bits per heavy atom. The lowest BCUT2D eigenvalue weighted by Crippen LogP contribution is -2.53. The fraction of sp³-hybridized carbons (Fsp3) is 0.306. The van der Waals surface area contributed by atoms with E-state index in [-0.39, 0.29) is 24.4 Å². The summed E-state index contributed by atoms with van der Waals surface area (Å²) in [4.78, 5) is 68.0. The molecule has 8 N–H and O–H groups in total. The number of H-pyrrole nitrogens is 1. The van der Waals surface area contributed by atoms with Crippen LogP contribution in [0.15, 0.2) is 89.7 Å². The van der Waals surface area contributed by atoms with Crippen molar-refractivity contribution in [3.63, 3.8) is 0 Å². The smallest absolute Gasteiger partial charge is 0.251 e. The lowest BCUT2D eigenvalue weighted by Gasteiger charge is -2.29. The van der Waals surface area contributed by atoms with Gasteiger partial charge in [-0.25, -0.2) is 0 Å². The number of pyridine rings is 1. The van der Waals surface area contributed by atoms with Crippen molar-refractivity contribution < 1.29 is 24.3 Å². The van der Waals surface area contributed by atoms with Gasteiger partial charge in [0.2, 0.25) is 11.8 Å². The first kappa shape index (κ1) is 34.7. The van der Waals surface area contributed by atoms with E-state index >= 15 is 0 Å². The van der Waals surface area contributed by atoms with Crippen LogP contribution in [-0.2, 0) is 22.4 Å². The molecule has 246 valence electrons. The van der Waals surface area contributed by atoms with E-state index in [1.165, 1.54) is 0 Å². The molecule has 0 spiro atoms. The van der Waals surface area contributed by atoms with Gasteiger partial charge in [0, 0.05) is 40.9 Å². The molecule has 1 aromatic heterocycles. The number of carbonyl (C=O) groups is 4. The monoisotopic (exact) mass is 639 g/mol. The molecule has 47 heavy (non-hydrogen) atoms. The molecule has 1 unspecified atom stereocenters. The summed E-state index contributed by atoms with van der Waals surface area (Å²) in [5.74, 6) is -4.11. The summed E-state index contributed by atoms with van der Waals surface area (Å²) >= 11 is 0. The predicted octanol–water partition coefficient (Wildman–Crippen LogP) is 2.39. The summed E-state index contributed by atoms with van der Waals surface area (Å²) in [6.07, 6.45) is -1.55.